The van der Waals surface area contributed by atoms with Gasteiger partial charge in [0, 0.05) is 17.3 Å². The Hall–Kier alpha value is -2.93. The van der Waals surface area contributed by atoms with E-state index in [1.54, 1.807) is 48.7 Å². The number of benzene rings is 2. The number of rotatable bonds is 5. The quantitative estimate of drug-likeness (QED) is 0.743. The van der Waals surface area contributed by atoms with E-state index < -0.39 is 16.0 Å². The van der Waals surface area contributed by atoms with Gasteiger partial charge in [-0.05, 0) is 42.0 Å². The second kappa shape index (κ2) is 6.29. The largest absolute Gasteiger partial charge is 0.481 e. The highest BCUT2D eigenvalue weighted by Gasteiger charge is 2.18. The molecule has 0 saturated carbocycles. The minimum absolute atomic E-state index is 0.122. The minimum atomic E-state index is -3.82. The van der Waals surface area contributed by atoms with Crippen LogP contribution in [0, 0.1) is 0 Å². The van der Waals surface area contributed by atoms with Crippen LogP contribution in [0.25, 0.3) is 10.9 Å². The van der Waals surface area contributed by atoms with Crippen LogP contribution in [0.1, 0.15) is 5.56 Å². The lowest BCUT2D eigenvalue weighted by atomic mass is 10.1. The standard InChI is InChI=1S/C17H14N2O4S/c20-17(21)11-12-4-1-5-13(10-12)19-24(22,23)16-8-2-7-15-14(16)6-3-9-18-15/h1-10,19H,11H2,(H,20,21). The van der Waals surface area contributed by atoms with E-state index >= 15 is 0 Å². The number of carboxylic acid groups (broad SMARTS) is 1. The van der Waals surface area contributed by atoms with Crippen molar-refractivity contribution in [3.05, 3.63) is 66.4 Å². The zero-order chi connectivity index (χ0) is 17.2. The van der Waals surface area contributed by atoms with Crippen molar-refractivity contribution in [2.75, 3.05) is 4.72 Å². The summed E-state index contributed by atoms with van der Waals surface area (Å²) in [6.45, 7) is 0. The number of hydrogen-bond acceptors (Lipinski definition) is 4. The molecule has 0 aliphatic carbocycles. The minimum Gasteiger partial charge on any atom is -0.481 e. The number of aliphatic carboxylic acids is 1. The Morgan fingerprint density at radius 1 is 1.08 bits per heavy atom. The number of nitrogens with zero attached hydrogens (tertiary/aromatic N) is 1. The molecule has 0 bridgehead atoms. The second-order valence-electron chi connectivity index (χ2n) is 5.20. The molecule has 122 valence electrons. The second-order valence-corrected chi connectivity index (χ2v) is 6.85. The predicted molar refractivity (Wildman–Crippen MR) is 90.3 cm³/mol. The number of carbonyl (C=O) groups is 1. The van der Waals surface area contributed by atoms with Crippen molar-refractivity contribution in [1.29, 1.82) is 0 Å². The third-order valence-electron chi connectivity index (χ3n) is 3.43. The fourth-order valence-corrected chi connectivity index (χ4v) is 3.71. The number of pyridine rings is 1. The summed E-state index contributed by atoms with van der Waals surface area (Å²) in [6, 6.07) is 14.6. The van der Waals surface area contributed by atoms with E-state index in [-0.39, 0.29) is 11.3 Å². The first-order valence-electron chi connectivity index (χ1n) is 7.13. The van der Waals surface area contributed by atoms with Gasteiger partial charge in [-0.1, -0.05) is 18.2 Å². The van der Waals surface area contributed by atoms with Gasteiger partial charge in [0.05, 0.1) is 16.8 Å². The molecular weight excluding hydrogens is 328 g/mol. The van der Waals surface area contributed by atoms with Gasteiger partial charge in [0.15, 0.2) is 0 Å². The summed E-state index contributed by atoms with van der Waals surface area (Å²) in [5, 5.41) is 9.36. The first kappa shape index (κ1) is 15.9. The third kappa shape index (κ3) is 3.36. The molecule has 6 nitrogen and oxygen atoms in total. The monoisotopic (exact) mass is 342 g/mol. The summed E-state index contributed by atoms with van der Waals surface area (Å²) in [4.78, 5) is 15.1. The van der Waals surface area contributed by atoms with Gasteiger partial charge in [0.2, 0.25) is 0 Å². The molecule has 0 amide bonds. The van der Waals surface area contributed by atoms with Gasteiger partial charge in [0.1, 0.15) is 0 Å². The molecule has 3 rings (SSSR count). The van der Waals surface area contributed by atoms with Gasteiger partial charge in [-0.15, -0.1) is 0 Å². The van der Waals surface area contributed by atoms with Crippen LogP contribution in [0.3, 0.4) is 0 Å². The predicted octanol–water partition coefficient (Wildman–Crippen LogP) is 2.66. The Bertz CT molecular complexity index is 1010. The molecule has 0 saturated heterocycles. The van der Waals surface area contributed by atoms with Crippen molar-refractivity contribution in [1.82, 2.24) is 4.98 Å². The highest BCUT2D eigenvalue weighted by molar-refractivity contribution is 7.93. The summed E-state index contributed by atoms with van der Waals surface area (Å²) in [5.41, 5.74) is 1.41. The lowest BCUT2D eigenvalue weighted by molar-refractivity contribution is -0.136. The lowest BCUT2D eigenvalue weighted by Gasteiger charge is -2.11. The highest BCUT2D eigenvalue weighted by atomic mass is 32.2. The maximum absolute atomic E-state index is 12.7. The average Bonchev–Trinajstić information content (AvgIpc) is 2.53. The van der Waals surface area contributed by atoms with Gasteiger partial charge in [0.25, 0.3) is 10.0 Å². The van der Waals surface area contributed by atoms with E-state index in [9.17, 15) is 13.2 Å². The first-order valence-corrected chi connectivity index (χ1v) is 8.61. The first-order chi connectivity index (χ1) is 11.5. The molecule has 0 radical (unpaired) electrons. The van der Waals surface area contributed by atoms with Crippen molar-refractivity contribution >= 4 is 32.6 Å². The van der Waals surface area contributed by atoms with E-state index in [4.69, 9.17) is 5.11 Å². The molecular formula is C17H14N2O4S. The van der Waals surface area contributed by atoms with Crippen molar-refractivity contribution in [3.8, 4) is 0 Å². The molecule has 0 atom stereocenters. The number of sulfonamides is 1. The Morgan fingerprint density at radius 3 is 2.67 bits per heavy atom. The lowest BCUT2D eigenvalue weighted by Crippen LogP contribution is -2.13. The number of carboxylic acids is 1. The summed E-state index contributed by atoms with van der Waals surface area (Å²) in [6.07, 6.45) is 1.43. The maximum Gasteiger partial charge on any atom is 0.307 e. The van der Waals surface area contributed by atoms with Gasteiger partial charge >= 0.3 is 5.97 Å². The Balaban J connectivity index is 1.98. The third-order valence-corrected chi connectivity index (χ3v) is 4.87. The van der Waals surface area contributed by atoms with E-state index in [0.717, 1.165) is 0 Å². The number of nitrogens with one attached hydrogen (secondary N) is 1. The molecule has 2 aromatic carbocycles. The van der Waals surface area contributed by atoms with Gasteiger partial charge < -0.3 is 5.11 Å². The van der Waals surface area contributed by atoms with E-state index in [1.807, 2.05) is 0 Å². The van der Waals surface area contributed by atoms with Crippen LogP contribution in [0.15, 0.2) is 65.7 Å². The topological polar surface area (TPSA) is 96.4 Å². The van der Waals surface area contributed by atoms with Crippen LogP contribution >= 0.6 is 0 Å². The van der Waals surface area contributed by atoms with Crippen LogP contribution in [0.4, 0.5) is 5.69 Å². The van der Waals surface area contributed by atoms with Crippen LogP contribution in [0.5, 0.6) is 0 Å². The smallest absolute Gasteiger partial charge is 0.307 e. The van der Waals surface area contributed by atoms with Crippen molar-refractivity contribution in [3.63, 3.8) is 0 Å². The highest BCUT2D eigenvalue weighted by Crippen LogP contribution is 2.24. The van der Waals surface area contributed by atoms with E-state index in [0.29, 0.717) is 22.2 Å². The van der Waals surface area contributed by atoms with Gasteiger partial charge in [-0.2, -0.15) is 0 Å². The molecule has 0 fully saturated rings. The molecule has 24 heavy (non-hydrogen) atoms. The number of hydrogen-bond donors (Lipinski definition) is 2. The van der Waals surface area contributed by atoms with E-state index in [1.165, 1.54) is 12.1 Å². The Labute approximate surface area is 138 Å². The molecule has 1 aromatic heterocycles. The van der Waals surface area contributed by atoms with Crippen molar-refractivity contribution in [2.24, 2.45) is 0 Å². The molecule has 1 heterocycles. The summed E-state index contributed by atoms with van der Waals surface area (Å²) >= 11 is 0. The van der Waals surface area contributed by atoms with Gasteiger partial charge in [-0.25, -0.2) is 8.42 Å². The molecule has 3 aromatic rings. The molecule has 7 heteroatoms. The molecule has 0 spiro atoms. The van der Waals surface area contributed by atoms with Crippen molar-refractivity contribution in [2.45, 2.75) is 11.3 Å². The SMILES string of the molecule is O=C(O)Cc1cccc(NS(=O)(=O)c2cccc3ncccc23)c1. The Morgan fingerprint density at radius 2 is 1.88 bits per heavy atom. The van der Waals surface area contributed by atoms with Crippen LogP contribution < -0.4 is 4.72 Å². The molecule has 0 aliphatic heterocycles. The zero-order valence-corrected chi connectivity index (χ0v) is 13.3. The molecule has 2 N–H and O–H groups in total. The number of fused-ring (bicyclic) bond motifs is 1. The van der Waals surface area contributed by atoms with Crippen molar-refractivity contribution < 1.29 is 18.3 Å². The zero-order valence-electron chi connectivity index (χ0n) is 12.5. The molecule has 0 unspecified atom stereocenters. The normalized spacial score (nSPS) is 11.3. The van der Waals surface area contributed by atoms with Crippen LogP contribution in [-0.4, -0.2) is 24.5 Å². The summed E-state index contributed by atoms with van der Waals surface area (Å²) < 4.78 is 27.9. The summed E-state index contributed by atoms with van der Waals surface area (Å²) in [5.74, 6) is -0.977. The average molecular weight is 342 g/mol. The fourth-order valence-electron chi connectivity index (χ4n) is 2.44. The Kier molecular flexibility index (Phi) is 4.18. The fraction of sp³-hybridized carbons (Fsp3) is 0.0588. The summed E-state index contributed by atoms with van der Waals surface area (Å²) in [7, 11) is -3.82. The van der Waals surface area contributed by atoms with Crippen LogP contribution in [0.2, 0.25) is 0 Å². The number of aromatic nitrogens is 1. The number of anilines is 1. The van der Waals surface area contributed by atoms with Gasteiger partial charge in [-0.3, -0.25) is 14.5 Å². The molecule has 0 aliphatic rings. The maximum atomic E-state index is 12.7. The van der Waals surface area contributed by atoms with E-state index in [2.05, 4.69) is 9.71 Å². The van der Waals surface area contributed by atoms with Crippen LogP contribution in [-0.2, 0) is 21.2 Å².